The maximum Gasteiger partial charge on any atom is 0.239 e. The van der Waals surface area contributed by atoms with Gasteiger partial charge in [-0.05, 0) is 13.3 Å². The third-order valence-electron chi connectivity index (χ3n) is 3.06. The number of sulfonamides is 1. The Hall–Kier alpha value is -0.660. The number of nitrogens with zero attached hydrogens (tertiary/aromatic N) is 2. The van der Waals surface area contributed by atoms with E-state index in [9.17, 15) is 13.2 Å². The van der Waals surface area contributed by atoms with Gasteiger partial charge in [-0.3, -0.25) is 4.79 Å². The fourth-order valence-corrected chi connectivity index (χ4v) is 3.18. The molecule has 1 heterocycles. The van der Waals surface area contributed by atoms with Crippen molar-refractivity contribution in [1.29, 1.82) is 0 Å². The fourth-order valence-electron chi connectivity index (χ4n) is 2.04. The first-order valence-corrected chi connectivity index (χ1v) is 7.63. The number of nitrogens with two attached hydrogens (primary N) is 1. The van der Waals surface area contributed by atoms with Gasteiger partial charge in [0, 0.05) is 25.7 Å². The van der Waals surface area contributed by atoms with Crippen LogP contribution in [0.4, 0.5) is 0 Å². The molecular weight excluding hydrogens is 242 g/mol. The molecule has 0 aromatic carbocycles. The lowest BCUT2D eigenvalue weighted by atomic mass is 10.1. The molecule has 6 nitrogen and oxygen atoms in total. The molecule has 0 saturated carbocycles. The smallest absolute Gasteiger partial charge is 0.239 e. The highest BCUT2D eigenvalue weighted by molar-refractivity contribution is 7.88. The summed E-state index contributed by atoms with van der Waals surface area (Å²) in [6.07, 6.45) is 1.79. The van der Waals surface area contributed by atoms with E-state index in [4.69, 9.17) is 5.73 Å². The molecule has 7 heteroatoms. The van der Waals surface area contributed by atoms with Gasteiger partial charge in [-0.2, -0.15) is 4.31 Å². The van der Waals surface area contributed by atoms with Gasteiger partial charge in [0.2, 0.25) is 15.9 Å². The van der Waals surface area contributed by atoms with Crippen molar-refractivity contribution in [2.24, 2.45) is 5.73 Å². The van der Waals surface area contributed by atoms with Crippen molar-refractivity contribution in [2.45, 2.75) is 32.4 Å². The number of rotatable bonds is 3. The average Bonchev–Trinajstić information content (AvgIpc) is 2.25. The normalized spacial score (nSPS) is 24.7. The van der Waals surface area contributed by atoms with Crippen LogP contribution in [0.3, 0.4) is 0 Å². The number of hydrogen-bond acceptors (Lipinski definition) is 4. The zero-order valence-corrected chi connectivity index (χ0v) is 11.4. The van der Waals surface area contributed by atoms with E-state index < -0.39 is 16.1 Å². The van der Waals surface area contributed by atoms with Crippen LogP contribution in [-0.4, -0.2) is 61.5 Å². The van der Waals surface area contributed by atoms with Gasteiger partial charge in [0.05, 0.1) is 12.3 Å². The minimum Gasteiger partial charge on any atom is -0.338 e. The van der Waals surface area contributed by atoms with Crippen molar-refractivity contribution in [3.05, 3.63) is 0 Å². The number of amides is 1. The van der Waals surface area contributed by atoms with Gasteiger partial charge >= 0.3 is 0 Å². The van der Waals surface area contributed by atoms with Crippen molar-refractivity contribution >= 4 is 15.9 Å². The summed E-state index contributed by atoms with van der Waals surface area (Å²) in [5, 5.41) is 0. The predicted octanol–water partition coefficient (Wildman–Crippen LogP) is -0.784. The van der Waals surface area contributed by atoms with Crippen LogP contribution in [0.1, 0.15) is 20.3 Å². The summed E-state index contributed by atoms with van der Waals surface area (Å²) in [5.41, 5.74) is 5.69. The van der Waals surface area contributed by atoms with Crippen molar-refractivity contribution in [2.75, 3.05) is 25.9 Å². The molecule has 0 spiro atoms. The predicted molar refractivity (Wildman–Crippen MR) is 65.9 cm³/mol. The highest BCUT2D eigenvalue weighted by Crippen LogP contribution is 2.14. The highest BCUT2D eigenvalue weighted by Gasteiger charge is 2.32. The van der Waals surface area contributed by atoms with Crippen LogP contribution < -0.4 is 5.73 Å². The third kappa shape index (κ3) is 3.40. The molecule has 1 saturated heterocycles. The first-order chi connectivity index (χ1) is 7.77. The molecule has 1 aliphatic heterocycles. The van der Waals surface area contributed by atoms with Crippen molar-refractivity contribution in [1.82, 2.24) is 9.21 Å². The maximum absolute atomic E-state index is 11.9. The largest absolute Gasteiger partial charge is 0.338 e. The Bertz CT molecular complexity index is 382. The second kappa shape index (κ2) is 5.32. The lowest BCUT2D eigenvalue weighted by Crippen LogP contribution is -2.57. The van der Waals surface area contributed by atoms with E-state index in [2.05, 4.69) is 0 Å². The van der Waals surface area contributed by atoms with Gasteiger partial charge in [0.15, 0.2) is 0 Å². The second-order valence-corrected chi connectivity index (χ2v) is 6.46. The summed E-state index contributed by atoms with van der Waals surface area (Å²) in [6, 6.07) is -0.668. The van der Waals surface area contributed by atoms with Crippen molar-refractivity contribution < 1.29 is 13.2 Å². The minimum atomic E-state index is -3.19. The first-order valence-electron chi connectivity index (χ1n) is 5.78. The molecule has 17 heavy (non-hydrogen) atoms. The molecule has 0 aromatic rings. The quantitative estimate of drug-likeness (QED) is 0.723. The van der Waals surface area contributed by atoms with Gasteiger partial charge in [0.25, 0.3) is 0 Å². The van der Waals surface area contributed by atoms with Gasteiger partial charge in [-0.25, -0.2) is 8.42 Å². The summed E-state index contributed by atoms with van der Waals surface area (Å²) >= 11 is 0. The van der Waals surface area contributed by atoms with Crippen LogP contribution in [0.15, 0.2) is 0 Å². The lowest BCUT2D eigenvalue weighted by molar-refractivity contribution is -0.134. The number of carbonyl (C=O) groups is 1. The summed E-state index contributed by atoms with van der Waals surface area (Å²) in [4.78, 5) is 13.5. The Balaban J connectivity index is 2.67. The minimum absolute atomic E-state index is 0.0903. The van der Waals surface area contributed by atoms with Gasteiger partial charge in [-0.1, -0.05) is 6.92 Å². The Kier molecular flexibility index (Phi) is 4.51. The molecule has 0 aliphatic carbocycles. The fraction of sp³-hybridized carbons (Fsp3) is 0.900. The molecule has 2 atom stereocenters. The molecule has 1 fully saturated rings. The first kappa shape index (κ1) is 14.4. The monoisotopic (exact) mass is 263 g/mol. The Morgan fingerprint density at radius 3 is 2.47 bits per heavy atom. The molecular formula is C10H21N3O3S. The molecule has 0 radical (unpaired) electrons. The van der Waals surface area contributed by atoms with Crippen LogP contribution in [0.25, 0.3) is 0 Å². The van der Waals surface area contributed by atoms with E-state index in [1.807, 2.05) is 6.92 Å². The van der Waals surface area contributed by atoms with Crippen molar-refractivity contribution in [3.63, 3.8) is 0 Å². The summed E-state index contributed by atoms with van der Waals surface area (Å²) < 4.78 is 24.3. The molecule has 0 bridgehead atoms. The van der Waals surface area contributed by atoms with Crippen molar-refractivity contribution in [3.8, 4) is 0 Å². The number of carbonyl (C=O) groups excluding carboxylic acids is 1. The molecule has 100 valence electrons. The lowest BCUT2D eigenvalue weighted by Gasteiger charge is -2.39. The Labute approximate surface area is 103 Å². The van der Waals surface area contributed by atoms with Gasteiger partial charge in [-0.15, -0.1) is 0 Å². The van der Waals surface area contributed by atoms with E-state index >= 15 is 0 Å². The van der Waals surface area contributed by atoms with Crippen LogP contribution in [0.5, 0.6) is 0 Å². The summed E-state index contributed by atoms with van der Waals surface area (Å²) in [7, 11) is -3.19. The number of piperazine rings is 1. The molecule has 1 unspecified atom stereocenters. The zero-order valence-electron chi connectivity index (χ0n) is 10.6. The van der Waals surface area contributed by atoms with Gasteiger partial charge < -0.3 is 10.6 Å². The third-order valence-corrected chi connectivity index (χ3v) is 4.46. The maximum atomic E-state index is 11.9. The zero-order chi connectivity index (χ0) is 13.2. The Morgan fingerprint density at radius 1 is 1.47 bits per heavy atom. The summed E-state index contributed by atoms with van der Waals surface area (Å²) in [6.45, 7) is 4.85. The van der Waals surface area contributed by atoms with E-state index in [0.29, 0.717) is 26.1 Å². The topological polar surface area (TPSA) is 83.7 Å². The molecule has 1 amide bonds. The van der Waals surface area contributed by atoms with Gasteiger partial charge in [0.1, 0.15) is 0 Å². The number of hydrogen-bond donors (Lipinski definition) is 1. The Morgan fingerprint density at radius 2 is 2.06 bits per heavy atom. The second-order valence-electron chi connectivity index (χ2n) is 4.52. The van der Waals surface area contributed by atoms with E-state index in [1.54, 1.807) is 11.8 Å². The standard InChI is InChI=1S/C10H21N3O3S/c1-4-9(11)10(14)12-5-6-13(8(2)7-12)17(3,15)16/h8-9H,4-7,11H2,1-3H3/t8-,9?/m0/s1. The van der Waals surface area contributed by atoms with Crippen LogP contribution in [-0.2, 0) is 14.8 Å². The van der Waals surface area contributed by atoms with E-state index in [1.165, 1.54) is 10.6 Å². The van der Waals surface area contributed by atoms with Crippen LogP contribution in [0, 0.1) is 0 Å². The van der Waals surface area contributed by atoms with Crippen LogP contribution >= 0.6 is 0 Å². The molecule has 0 aromatic heterocycles. The van der Waals surface area contributed by atoms with E-state index in [-0.39, 0.29) is 11.9 Å². The summed E-state index contributed by atoms with van der Waals surface area (Å²) in [5.74, 6) is -0.0903. The molecule has 1 aliphatic rings. The SMILES string of the molecule is CCC(N)C(=O)N1CCN(S(C)(=O)=O)[C@@H](C)C1. The highest BCUT2D eigenvalue weighted by atomic mass is 32.2. The van der Waals surface area contributed by atoms with E-state index in [0.717, 1.165) is 0 Å². The molecule has 2 N–H and O–H groups in total. The van der Waals surface area contributed by atoms with Crippen LogP contribution in [0.2, 0.25) is 0 Å². The average molecular weight is 263 g/mol. The molecule has 1 rings (SSSR count).